The Morgan fingerprint density at radius 2 is 2.00 bits per heavy atom. The highest BCUT2D eigenvalue weighted by atomic mass is 127. The van der Waals surface area contributed by atoms with Gasteiger partial charge in [-0.2, -0.15) is 0 Å². The van der Waals surface area contributed by atoms with Crippen molar-refractivity contribution >= 4 is 22.6 Å². The third-order valence-corrected chi connectivity index (χ3v) is 1.85. The molecule has 0 fully saturated rings. The Balaban J connectivity index is 2.77. The van der Waals surface area contributed by atoms with Gasteiger partial charge in [0.25, 0.3) is 0 Å². The van der Waals surface area contributed by atoms with Crippen LogP contribution in [0.5, 0.6) is 6.01 Å². The summed E-state index contributed by atoms with van der Waals surface area (Å²) in [7, 11) is 0. The van der Waals surface area contributed by atoms with E-state index >= 15 is 0 Å². The van der Waals surface area contributed by atoms with Crippen molar-refractivity contribution < 1.29 is 4.74 Å². The van der Waals surface area contributed by atoms with E-state index in [0.29, 0.717) is 6.01 Å². The minimum Gasteiger partial charge on any atom is -0.444 e. The zero-order chi connectivity index (χ0) is 9.90. The molecular formula is C9H9IN2O. The van der Waals surface area contributed by atoms with E-state index in [1.165, 1.54) is 0 Å². The monoisotopic (exact) mass is 288 g/mol. The van der Waals surface area contributed by atoms with Crippen LogP contribution in [0.25, 0.3) is 0 Å². The Morgan fingerprint density at radius 1 is 1.46 bits per heavy atom. The summed E-state index contributed by atoms with van der Waals surface area (Å²) >= 11 is 2.12. The highest BCUT2D eigenvalue weighted by Gasteiger charge is 2.16. The highest BCUT2D eigenvalue weighted by molar-refractivity contribution is 14.1. The predicted molar refractivity (Wildman–Crippen MR) is 58.3 cm³/mol. The third-order valence-electron chi connectivity index (χ3n) is 1.29. The molecule has 68 valence electrons. The number of rotatable bonds is 2. The lowest BCUT2D eigenvalue weighted by Crippen LogP contribution is -2.26. The Kier molecular flexibility index (Phi) is 3.09. The molecule has 0 saturated heterocycles. The van der Waals surface area contributed by atoms with Gasteiger partial charge in [0.15, 0.2) is 5.60 Å². The number of halogens is 1. The summed E-state index contributed by atoms with van der Waals surface area (Å²) in [6.07, 6.45) is 8.60. The fourth-order valence-corrected chi connectivity index (χ4v) is 0.889. The van der Waals surface area contributed by atoms with Gasteiger partial charge in [-0.1, -0.05) is 5.92 Å². The molecule has 3 nitrogen and oxygen atoms in total. The molecule has 0 aromatic carbocycles. The van der Waals surface area contributed by atoms with Crippen molar-refractivity contribution in [1.29, 1.82) is 0 Å². The van der Waals surface area contributed by atoms with E-state index in [1.54, 1.807) is 26.2 Å². The molecule has 0 spiro atoms. The maximum absolute atomic E-state index is 5.34. The Bertz CT molecular complexity index is 326. The maximum Gasteiger partial charge on any atom is 0.317 e. The molecule has 4 heteroatoms. The maximum atomic E-state index is 5.34. The molecule has 1 aromatic rings. The molecule has 1 aromatic heterocycles. The largest absolute Gasteiger partial charge is 0.444 e. The lowest BCUT2D eigenvalue weighted by atomic mass is 10.2. The smallest absolute Gasteiger partial charge is 0.317 e. The van der Waals surface area contributed by atoms with E-state index in [9.17, 15) is 0 Å². The van der Waals surface area contributed by atoms with Crippen molar-refractivity contribution in [3.63, 3.8) is 0 Å². The average Bonchev–Trinajstić information content (AvgIpc) is 2.09. The molecule has 0 aliphatic heterocycles. The Morgan fingerprint density at radius 3 is 2.46 bits per heavy atom. The molecule has 0 unspecified atom stereocenters. The third kappa shape index (κ3) is 3.19. The first-order valence-corrected chi connectivity index (χ1v) is 4.76. The quantitative estimate of drug-likeness (QED) is 0.615. The fraction of sp³-hybridized carbons (Fsp3) is 0.333. The first kappa shape index (κ1) is 10.3. The molecular weight excluding hydrogens is 279 g/mol. The molecule has 0 aliphatic carbocycles. The van der Waals surface area contributed by atoms with Crippen molar-refractivity contribution in [1.82, 2.24) is 9.97 Å². The zero-order valence-corrected chi connectivity index (χ0v) is 9.57. The van der Waals surface area contributed by atoms with E-state index in [1.807, 2.05) is 0 Å². The number of terminal acetylenes is 1. The van der Waals surface area contributed by atoms with Crippen molar-refractivity contribution in [3.05, 3.63) is 16.0 Å². The van der Waals surface area contributed by atoms with Gasteiger partial charge in [-0.25, -0.2) is 9.97 Å². The summed E-state index contributed by atoms with van der Waals surface area (Å²) < 4.78 is 6.31. The van der Waals surface area contributed by atoms with E-state index in [2.05, 4.69) is 38.5 Å². The summed E-state index contributed by atoms with van der Waals surface area (Å²) in [6.45, 7) is 3.57. The fourth-order valence-electron chi connectivity index (χ4n) is 0.611. The second kappa shape index (κ2) is 3.92. The summed E-state index contributed by atoms with van der Waals surface area (Å²) in [6, 6.07) is 0.309. The molecule has 0 radical (unpaired) electrons. The number of hydrogen-bond donors (Lipinski definition) is 0. The van der Waals surface area contributed by atoms with Gasteiger partial charge in [-0.3, -0.25) is 0 Å². The van der Waals surface area contributed by atoms with Gasteiger partial charge in [-0.05, 0) is 36.4 Å². The minimum absolute atomic E-state index is 0.309. The van der Waals surface area contributed by atoms with Crippen LogP contribution >= 0.6 is 22.6 Å². The first-order chi connectivity index (χ1) is 6.03. The predicted octanol–water partition coefficient (Wildman–Crippen LogP) is 1.87. The van der Waals surface area contributed by atoms with Crippen LogP contribution in [0.2, 0.25) is 0 Å². The molecule has 1 heterocycles. The van der Waals surface area contributed by atoms with Crippen LogP contribution in [0.4, 0.5) is 0 Å². The topological polar surface area (TPSA) is 35.0 Å². The number of nitrogens with zero attached hydrogens (tertiary/aromatic N) is 2. The molecule has 0 bridgehead atoms. The highest BCUT2D eigenvalue weighted by Crippen LogP contribution is 2.12. The van der Waals surface area contributed by atoms with Gasteiger partial charge in [0.1, 0.15) is 0 Å². The van der Waals surface area contributed by atoms with Crippen LogP contribution < -0.4 is 4.74 Å². The lowest BCUT2D eigenvalue weighted by Gasteiger charge is -2.17. The minimum atomic E-state index is -0.660. The van der Waals surface area contributed by atoms with Crippen molar-refractivity contribution in [3.8, 4) is 18.4 Å². The van der Waals surface area contributed by atoms with Crippen LogP contribution in [0.3, 0.4) is 0 Å². The van der Waals surface area contributed by atoms with Crippen LogP contribution in [-0.4, -0.2) is 15.6 Å². The van der Waals surface area contributed by atoms with Crippen molar-refractivity contribution in [2.24, 2.45) is 0 Å². The van der Waals surface area contributed by atoms with Gasteiger partial charge in [-0.15, -0.1) is 6.42 Å². The number of ether oxygens (including phenoxy) is 1. The average molecular weight is 288 g/mol. The summed E-state index contributed by atoms with van der Waals surface area (Å²) in [5, 5.41) is 0. The number of hydrogen-bond acceptors (Lipinski definition) is 3. The standard InChI is InChI=1S/C9H9IN2O/c1-4-9(2,3)13-8-11-5-7(10)6-12-8/h1,5-6H,2-3H3. The van der Waals surface area contributed by atoms with Gasteiger partial charge in [0.05, 0.1) is 0 Å². The molecule has 13 heavy (non-hydrogen) atoms. The number of aromatic nitrogens is 2. The van der Waals surface area contributed by atoms with E-state index < -0.39 is 5.60 Å². The first-order valence-electron chi connectivity index (χ1n) is 3.68. The van der Waals surface area contributed by atoms with Crippen LogP contribution in [0.15, 0.2) is 12.4 Å². The molecule has 1 rings (SSSR count). The van der Waals surface area contributed by atoms with E-state index in [4.69, 9.17) is 11.2 Å². The van der Waals surface area contributed by atoms with Gasteiger partial charge in [0.2, 0.25) is 0 Å². The molecule has 0 saturated carbocycles. The molecule has 0 aliphatic rings. The van der Waals surface area contributed by atoms with Crippen LogP contribution in [-0.2, 0) is 0 Å². The van der Waals surface area contributed by atoms with E-state index in [-0.39, 0.29) is 0 Å². The van der Waals surface area contributed by atoms with E-state index in [0.717, 1.165) is 3.57 Å². The molecule has 0 amide bonds. The van der Waals surface area contributed by atoms with Crippen LogP contribution in [0.1, 0.15) is 13.8 Å². The second-order valence-corrected chi connectivity index (χ2v) is 4.19. The Hall–Kier alpha value is -0.830. The van der Waals surface area contributed by atoms with Gasteiger partial charge >= 0.3 is 6.01 Å². The summed E-state index contributed by atoms with van der Waals surface area (Å²) in [5.41, 5.74) is -0.660. The lowest BCUT2D eigenvalue weighted by molar-refractivity contribution is 0.156. The Labute approximate surface area is 91.1 Å². The zero-order valence-electron chi connectivity index (χ0n) is 7.41. The summed E-state index contributed by atoms with van der Waals surface area (Å²) in [5.74, 6) is 2.50. The van der Waals surface area contributed by atoms with Gasteiger partial charge in [0, 0.05) is 16.0 Å². The SMILES string of the molecule is C#CC(C)(C)Oc1ncc(I)cn1. The summed E-state index contributed by atoms with van der Waals surface area (Å²) in [4.78, 5) is 7.95. The normalized spacial score (nSPS) is 10.6. The molecule has 0 atom stereocenters. The molecule has 0 N–H and O–H groups in total. The van der Waals surface area contributed by atoms with Crippen molar-refractivity contribution in [2.45, 2.75) is 19.4 Å². The van der Waals surface area contributed by atoms with Crippen LogP contribution in [0, 0.1) is 15.9 Å². The van der Waals surface area contributed by atoms with Gasteiger partial charge < -0.3 is 4.74 Å². The van der Waals surface area contributed by atoms with Crippen molar-refractivity contribution in [2.75, 3.05) is 0 Å². The second-order valence-electron chi connectivity index (χ2n) is 2.94.